The van der Waals surface area contributed by atoms with Gasteiger partial charge in [0.15, 0.2) is 0 Å². The third-order valence-corrected chi connectivity index (χ3v) is 4.11. The SMILES string of the molecule is Cc1nn(C)c(C)c1CCC(NN)C1CCOC1. The summed E-state index contributed by atoms with van der Waals surface area (Å²) >= 11 is 0. The Labute approximate surface area is 109 Å². The fourth-order valence-corrected chi connectivity index (χ4v) is 2.80. The standard InChI is InChI=1S/C13H24N4O/c1-9-12(10(2)17(3)16-9)4-5-13(15-14)11-6-7-18-8-11/h11,13,15H,4-8,14H2,1-3H3. The molecule has 1 fully saturated rings. The average molecular weight is 252 g/mol. The predicted octanol–water partition coefficient (Wildman–Crippen LogP) is 0.838. The van der Waals surface area contributed by atoms with Gasteiger partial charge >= 0.3 is 0 Å². The molecule has 1 aromatic heterocycles. The van der Waals surface area contributed by atoms with Gasteiger partial charge in [-0.05, 0) is 38.7 Å². The zero-order chi connectivity index (χ0) is 13.1. The summed E-state index contributed by atoms with van der Waals surface area (Å²) in [6, 6.07) is 0.339. The summed E-state index contributed by atoms with van der Waals surface area (Å²) < 4.78 is 7.38. The molecule has 0 aromatic carbocycles. The Morgan fingerprint density at radius 2 is 2.33 bits per heavy atom. The maximum Gasteiger partial charge on any atom is 0.0628 e. The quantitative estimate of drug-likeness (QED) is 0.602. The molecule has 2 heterocycles. The predicted molar refractivity (Wildman–Crippen MR) is 71.0 cm³/mol. The van der Waals surface area contributed by atoms with Crippen molar-refractivity contribution < 1.29 is 4.74 Å². The van der Waals surface area contributed by atoms with Crippen molar-refractivity contribution in [2.75, 3.05) is 13.2 Å². The van der Waals surface area contributed by atoms with Crippen molar-refractivity contribution >= 4 is 0 Å². The van der Waals surface area contributed by atoms with Crippen molar-refractivity contribution in [2.45, 2.75) is 39.2 Å². The molecule has 5 nitrogen and oxygen atoms in total. The smallest absolute Gasteiger partial charge is 0.0628 e. The molecule has 2 atom stereocenters. The molecule has 1 aliphatic rings. The first kappa shape index (κ1) is 13.5. The maximum atomic E-state index is 5.67. The first-order valence-electron chi connectivity index (χ1n) is 6.66. The van der Waals surface area contributed by atoms with Crippen LogP contribution in [0.1, 0.15) is 29.8 Å². The lowest BCUT2D eigenvalue weighted by atomic mass is 9.93. The van der Waals surface area contributed by atoms with E-state index in [9.17, 15) is 0 Å². The molecule has 3 N–H and O–H groups in total. The van der Waals surface area contributed by atoms with Gasteiger partial charge < -0.3 is 4.74 Å². The van der Waals surface area contributed by atoms with E-state index in [0.29, 0.717) is 12.0 Å². The molecule has 0 spiro atoms. The molecule has 0 radical (unpaired) electrons. The van der Waals surface area contributed by atoms with Gasteiger partial charge in [0, 0.05) is 31.3 Å². The highest BCUT2D eigenvalue weighted by Gasteiger charge is 2.25. The van der Waals surface area contributed by atoms with Crippen molar-refractivity contribution in [3.63, 3.8) is 0 Å². The van der Waals surface area contributed by atoms with Gasteiger partial charge in [-0.15, -0.1) is 0 Å². The Morgan fingerprint density at radius 3 is 2.83 bits per heavy atom. The Kier molecular flexibility index (Phi) is 4.37. The van der Waals surface area contributed by atoms with Crippen molar-refractivity contribution in [1.82, 2.24) is 15.2 Å². The average Bonchev–Trinajstić information content (AvgIpc) is 2.94. The molecule has 0 amide bonds. The van der Waals surface area contributed by atoms with E-state index in [4.69, 9.17) is 10.6 Å². The fraction of sp³-hybridized carbons (Fsp3) is 0.769. The number of nitrogens with two attached hydrogens (primary N) is 1. The van der Waals surface area contributed by atoms with E-state index < -0.39 is 0 Å². The lowest BCUT2D eigenvalue weighted by molar-refractivity contribution is 0.175. The highest BCUT2D eigenvalue weighted by molar-refractivity contribution is 5.24. The molecule has 0 bridgehead atoms. The van der Waals surface area contributed by atoms with Crippen LogP contribution in [0.15, 0.2) is 0 Å². The number of aryl methyl sites for hydroxylation is 2. The van der Waals surface area contributed by atoms with Crippen LogP contribution in [-0.2, 0) is 18.2 Å². The summed E-state index contributed by atoms with van der Waals surface area (Å²) in [5.74, 6) is 6.22. The van der Waals surface area contributed by atoms with Crippen molar-refractivity contribution in [1.29, 1.82) is 0 Å². The van der Waals surface area contributed by atoms with Gasteiger partial charge in [0.1, 0.15) is 0 Å². The van der Waals surface area contributed by atoms with Crippen LogP contribution in [0.5, 0.6) is 0 Å². The number of ether oxygens (including phenoxy) is 1. The second-order valence-corrected chi connectivity index (χ2v) is 5.21. The molecule has 102 valence electrons. The summed E-state index contributed by atoms with van der Waals surface area (Å²) in [6.07, 6.45) is 3.18. The van der Waals surface area contributed by atoms with Crippen LogP contribution < -0.4 is 11.3 Å². The van der Waals surface area contributed by atoms with Crippen LogP contribution in [0.25, 0.3) is 0 Å². The lowest BCUT2D eigenvalue weighted by Crippen LogP contribution is -2.41. The van der Waals surface area contributed by atoms with E-state index in [2.05, 4.69) is 24.4 Å². The number of hydrogen-bond acceptors (Lipinski definition) is 4. The number of nitrogens with one attached hydrogen (secondary N) is 1. The largest absolute Gasteiger partial charge is 0.381 e. The highest BCUT2D eigenvalue weighted by atomic mass is 16.5. The molecule has 1 saturated heterocycles. The zero-order valence-corrected chi connectivity index (χ0v) is 11.6. The van der Waals surface area contributed by atoms with Gasteiger partial charge in [-0.3, -0.25) is 16.0 Å². The zero-order valence-electron chi connectivity index (χ0n) is 11.6. The van der Waals surface area contributed by atoms with Crippen molar-refractivity contribution in [3.8, 4) is 0 Å². The molecule has 1 aliphatic heterocycles. The second-order valence-electron chi connectivity index (χ2n) is 5.21. The molecule has 1 aromatic rings. The molecule has 2 rings (SSSR count). The summed E-state index contributed by atoms with van der Waals surface area (Å²) in [5.41, 5.74) is 6.70. The first-order chi connectivity index (χ1) is 8.63. The van der Waals surface area contributed by atoms with Gasteiger partial charge in [0.05, 0.1) is 12.3 Å². The molecule has 0 saturated carbocycles. The Balaban J connectivity index is 1.96. The molecular formula is C13H24N4O. The summed E-state index contributed by atoms with van der Waals surface area (Å²) in [7, 11) is 2.00. The molecule has 18 heavy (non-hydrogen) atoms. The Hall–Kier alpha value is -0.910. The summed E-state index contributed by atoms with van der Waals surface area (Å²) in [6.45, 7) is 5.90. The van der Waals surface area contributed by atoms with Gasteiger partial charge in [0.25, 0.3) is 0 Å². The van der Waals surface area contributed by atoms with Crippen molar-refractivity contribution in [2.24, 2.45) is 18.8 Å². The van der Waals surface area contributed by atoms with E-state index >= 15 is 0 Å². The number of hydrogen-bond donors (Lipinski definition) is 2. The molecule has 2 unspecified atom stereocenters. The van der Waals surface area contributed by atoms with Gasteiger partial charge in [-0.25, -0.2) is 0 Å². The van der Waals surface area contributed by atoms with Gasteiger partial charge in [-0.1, -0.05) is 0 Å². The minimum absolute atomic E-state index is 0.339. The van der Waals surface area contributed by atoms with Crippen LogP contribution in [0, 0.1) is 19.8 Å². The molecule has 5 heteroatoms. The van der Waals surface area contributed by atoms with E-state index in [1.54, 1.807) is 0 Å². The van der Waals surface area contributed by atoms with E-state index in [1.807, 2.05) is 11.7 Å². The Bertz CT molecular complexity index is 396. The summed E-state index contributed by atoms with van der Waals surface area (Å²) in [5, 5.41) is 4.45. The first-order valence-corrected chi connectivity index (χ1v) is 6.66. The van der Waals surface area contributed by atoms with Gasteiger partial charge in [-0.2, -0.15) is 5.10 Å². The number of rotatable bonds is 5. The topological polar surface area (TPSA) is 65.1 Å². The fourth-order valence-electron chi connectivity index (χ4n) is 2.80. The Morgan fingerprint density at radius 1 is 1.56 bits per heavy atom. The monoisotopic (exact) mass is 252 g/mol. The van der Waals surface area contributed by atoms with Crippen LogP contribution in [0.4, 0.5) is 0 Å². The van der Waals surface area contributed by atoms with E-state index in [-0.39, 0.29) is 0 Å². The minimum Gasteiger partial charge on any atom is -0.381 e. The highest BCUT2D eigenvalue weighted by Crippen LogP contribution is 2.21. The maximum absolute atomic E-state index is 5.67. The van der Waals surface area contributed by atoms with Crippen LogP contribution >= 0.6 is 0 Å². The lowest BCUT2D eigenvalue weighted by Gasteiger charge is -2.21. The number of nitrogens with zero attached hydrogens (tertiary/aromatic N) is 2. The number of aromatic nitrogens is 2. The van der Waals surface area contributed by atoms with Crippen LogP contribution in [-0.4, -0.2) is 29.0 Å². The summed E-state index contributed by atoms with van der Waals surface area (Å²) in [4.78, 5) is 0. The number of hydrazine groups is 1. The third-order valence-electron chi connectivity index (χ3n) is 4.11. The van der Waals surface area contributed by atoms with Gasteiger partial charge in [0.2, 0.25) is 0 Å². The van der Waals surface area contributed by atoms with Crippen molar-refractivity contribution in [3.05, 3.63) is 17.0 Å². The minimum atomic E-state index is 0.339. The third kappa shape index (κ3) is 2.74. The molecule has 0 aliphatic carbocycles. The molecular weight excluding hydrogens is 228 g/mol. The second kappa shape index (κ2) is 5.82. The normalized spacial score (nSPS) is 21.4. The van der Waals surface area contributed by atoms with E-state index in [0.717, 1.165) is 38.2 Å². The van der Waals surface area contributed by atoms with Crippen LogP contribution in [0.3, 0.4) is 0 Å². The van der Waals surface area contributed by atoms with Crippen LogP contribution in [0.2, 0.25) is 0 Å². The van der Waals surface area contributed by atoms with E-state index in [1.165, 1.54) is 11.3 Å².